The third-order valence-corrected chi connectivity index (χ3v) is 8.24. The number of amidine groups is 1. The second-order valence-corrected chi connectivity index (χ2v) is 10.8. The minimum absolute atomic E-state index is 0.163. The number of rotatable bonds is 5. The number of aliphatic imine (C=N–C) groups is 1. The van der Waals surface area contributed by atoms with E-state index in [0.29, 0.717) is 24.9 Å². The number of carbonyl (C=O) groups is 2. The van der Waals surface area contributed by atoms with E-state index in [4.69, 9.17) is 4.99 Å². The van der Waals surface area contributed by atoms with Gasteiger partial charge in [-0.3, -0.25) is 19.5 Å². The number of hydrogen-bond donors (Lipinski definition) is 2. The van der Waals surface area contributed by atoms with E-state index >= 15 is 0 Å². The summed E-state index contributed by atoms with van der Waals surface area (Å²) in [5, 5.41) is 6.99. The second kappa shape index (κ2) is 7.45. The first kappa shape index (κ1) is 20.3. The average Bonchev–Trinajstić information content (AvgIpc) is 3.74. The Morgan fingerprint density at radius 2 is 2.03 bits per heavy atom. The molecule has 1 spiro atoms. The fourth-order valence-corrected chi connectivity index (χ4v) is 5.86. The molecule has 4 aliphatic heterocycles. The maximum atomic E-state index is 13.3. The molecule has 0 unspecified atom stereocenters. The largest absolute Gasteiger partial charge is 0.384 e. The lowest BCUT2D eigenvalue weighted by molar-refractivity contribution is -0.131. The van der Waals surface area contributed by atoms with Crippen LogP contribution in [0, 0.1) is 11.8 Å². The Hall–Kier alpha value is -3.09. The van der Waals surface area contributed by atoms with Gasteiger partial charge in [-0.25, -0.2) is 0 Å². The van der Waals surface area contributed by atoms with E-state index in [1.165, 1.54) is 16.8 Å². The summed E-state index contributed by atoms with van der Waals surface area (Å²) < 4.78 is 0. The molecule has 2 N–H and O–H groups in total. The van der Waals surface area contributed by atoms with Gasteiger partial charge in [0, 0.05) is 55.6 Å². The van der Waals surface area contributed by atoms with Crippen LogP contribution >= 0.6 is 0 Å². The number of benzene rings is 1. The molecule has 7 heteroatoms. The predicted molar refractivity (Wildman–Crippen MR) is 131 cm³/mol. The zero-order chi connectivity index (χ0) is 22.9. The number of likely N-dealkylation sites (tertiary alicyclic amines) is 1. The van der Waals surface area contributed by atoms with Crippen molar-refractivity contribution < 1.29 is 9.59 Å². The van der Waals surface area contributed by atoms with Gasteiger partial charge in [0.25, 0.3) is 5.91 Å². The van der Waals surface area contributed by atoms with Gasteiger partial charge in [-0.15, -0.1) is 0 Å². The maximum Gasteiger partial charge on any atom is 0.256 e. The Morgan fingerprint density at radius 3 is 2.79 bits per heavy atom. The molecule has 1 atom stereocenters. The minimum atomic E-state index is -0.505. The third-order valence-electron chi connectivity index (χ3n) is 8.24. The Bertz CT molecular complexity index is 1170. The summed E-state index contributed by atoms with van der Waals surface area (Å²) in [7, 11) is 0. The van der Waals surface area contributed by atoms with Gasteiger partial charge in [-0.2, -0.15) is 0 Å². The number of carbonyl (C=O) groups excluding carboxylic acids is 2. The SMILES string of the molecule is O=C(C1CC1)N1CC[C@@H](CN2C(=O)C3(CC3)N=C2C2=CC=C(c3ccc4c(c3)CCN4)NC2)C1. The highest BCUT2D eigenvalue weighted by Gasteiger charge is 2.57. The van der Waals surface area contributed by atoms with Crippen LogP contribution in [0.5, 0.6) is 0 Å². The van der Waals surface area contributed by atoms with E-state index in [0.717, 1.165) is 75.3 Å². The molecule has 0 bridgehead atoms. The van der Waals surface area contributed by atoms with E-state index in [9.17, 15) is 9.59 Å². The van der Waals surface area contributed by atoms with Gasteiger partial charge in [-0.05, 0) is 73.8 Å². The van der Waals surface area contributed by atoms with E-state index in [1.807, 2.05) is 9.80 Å². The molecular formula is C27H31N5O2. The standard InChI is InChI=1S/C27H31N5O2/c33-25(18-1-2-18)31-12-8-17(15-31)16-32-24(30-27(9-10-27)26(32)34)21-4-6-23(29-14-21)19-3-5-22-20(13-19)7-11-28-22/h3-6,13,17-18,28-29H,1-2,7-12,14-16H2/t17-/m1/s1. The van der Waals surface area contributed by atoms with Crippen LogP contribution < -0.4 is 10.6 Å². The summed E-state index contributed by atoms with van der Waals surface area (Å²) >= 11 is 0. The number of dihydropyridines is 1. The fraction of sp³-hybridized carbons (Fsp3) is 0.519. The molecular weight excluding hydrogens is 426 g/mol. The number of hydrogen-bond acceptors (Lipinski definition) is 5. The van der Waals surface area contributed by atoms with Crippen LogP contribution in [-0.2, 0) is 16.0 Å². The first-order chi connectivity index (χ1) is 16.6. The maximum absolute atomic E-state index is 13.3. The van der Waals surface area contributed by atoms with Crippen LogP contribution in [0.2, 0.25) is 0 Å². The lowest BCUT2D eigenvalue weighted by Crippen LogP contribution is -2.42. The van der Waals surface area contributed by atoms with Gasteiger partial charge < -0.3 is 15.5 Å². The molecule has 7 nitrogen and oxygen atoms in total. The van der Waals surface area contributed by atoms with E-state index in [2.05, 4.69) is 41.0 Å². The number of anilines is 1. The van der Waals surface area contributed by atoms with Gasteiger partial charge in [0.2, 0.25) is 5.91 Å². The second-order valence-electron chi connectivity index (χ2n) is 10.8. The first-order valence-corrected chi connectivity index (χ1v) is 12.8. The average molecular weight is 458 g/mol. The van der Waals surface area contributed by atoms with Crippen LogP contribution in [0.15, 0.2) is 40.9 Å². The molecule has 176 valence electrons. The van der Waals surface area contributed by atoms with Gasteiger partial charge in [0.1, 0.15) is 11.4 Å². The Morgan fingerprint density at radius 1 is 1.15 bits per heavy atom. The molecule has 0 radical (unpaired) electrons. The highest BCUT2D eigenvalue weighted by Crippen LogP contribution is 2.46. The van der Waals surface area contributed by atoms with Crippen LogP contribution in [0.3, 0.4) is 0 Å². The van der Waals surface area contributed by atoms with E-state index < -0.39 is 5.54 Å². The van der Waals surface area contributed by atoms with Gasteiger partial charge >= 0.3 is 0 Å². The highest BCUT2D eigenvalue weighted by atomic mass is 16.2. The molecule has 2 aliphatic carbocycles. The van der Waals surface area contributed by atoms with Gasteiger partial charge in [0.15, 0.2) is 0 Å². The number of nitrogens with one attached hydrogen (secondary N) is 2. The number of amides is 2. The van der Waals surface area contributed by atoms with Crippen LogP contribution in [0.4, 0.5) is 5.69 Å². The van der Waals surface area contributed by atoms with Crippen molar-refractivity contribution in [3.63, 3.8) is 0 Å². The first-order valence-electron chi connectivity index (χ1n) is 12.8. The molecule has 7 rings (SSSR count). The Balaban J connectivity index is 1.10. The summed E-state index contributed by atoms with van der Waals surface area (Å²) in [6.07, 6.45) is 10.1. The van der Waals surface area contributed by atoms with Crippen molar-refractivity contribution in [3.05, 3.63) is 47.1 Å². The molecule has 2 saturated carbocycles. The summed E-state index contributed by atoms with van der Waals surface area (Å²) in [6, 6.07) is 6.59. The fourth-order valence-electron chi connectivity index (χ4n) is 5.86. The lowest BCUT2D eigenvalue weighted by Gasteiger charge is -2.26. The Labute approximate surface area is 200 Å². The van der Waals surface area contributed by atoms with Crippen molar-refractivity contribution >= 4 is 29.0 Å². The molecule has 1 aromatic carbocycles. The van der Waals surface area contributed by atoms with E-state index in [-0.39, 0.29) is 11.8 Å². The summed E-state index contributed by atoms with van der Waals surface area (Å²) in [6.45, 7) is 3.94. The molecule has 0 aromatic heterocycles. The van der Waals surface area contributed by atoms with E-state index in [1.54, 1.807) is 0 Å². The third kappa shape index (κ3) is 3.36. The van der Waals surface area contributed by atoms with Crippen molar-refractivity contribution in [1.82, 2.24) is 15.1 Å². The minimum Gasteiger partial charge on any atom is -0.384 e. The smallest absolute Gasteiger partial charge is 0.256 e. The van der Waals surface area contributed by atoms with Crippen molar-refractivity contribution in [2.75, 3.05) is 38.0 Å². The Kier molecular flexibility index (Phi) is 4.45. The van der Waals surface area contributed by atoms with Crippen LogP contribution in [0.1, 0.15) is 43.2 Å². The number of fused-ring (bicyclic) bond motifs is 1. The quantitative estimate of drug-likeness (QED) is 0.713. The number of nitrogens with zero attached hydrogens (tertiary/aromatic N) is 3. The molecule has 34 heavy (non-hydrogen) atoms. The lowest BCUT2D eigenvalue weighted by atomic mass is 10.0. The zero-order valence-electron chi connectivity index (χ0n) is 19.5. The predicted octanol–water partition coefficient (Wildman–Crippen LogP) is 2.56. The summed E-state index contributed by atoms with van der Waals surface area (Å²) in [4.78, 5) is 34.7. The summed E-state index contributed by atoms with van der Waals surface area (Å²) in [5.74, 6) is 1.92. The molecule has 2 amide bonds. The summed E-state index contributed by atoms with van der Waals surface area (Å²) in [5.41, 5.74) is 5.49. The van der Waals surface area contributed by atoms with Crippen molar-refractivity contribution in [2.45, 2.75) is 44.1 Å². The van der Waals surface area contributed by atoms with Gasteiger partial charge in [-0.1, -0.05) is 12.1 Å². The van der Waals surface area contributed by atoms with Crippen LogP contribution in [-0.4, -0.2) is 65.7 Å². The molecule has 3 fully saturated rings. The van der Waals surface area contributed by atoms with Crippen LogP contribution in [0.25, 0.3) is 5.70 Å². The van der Waals surface area contributed by atoms with Gasteiger partial charge in [0.05, 0.1) is 0 Å². The molecule has 6 aliphatic rings. The highest BCUT2D eigenvalue weighted by molar-refractivity contribution is 6.16. The molecule has 1 aromatic rings. The number of allylic oxidation sites excluding steroid dienone is 2. The van der Waals surface area contributed by atoms with Crippen molar-refractivity contribution in [3.8, 4) is 0 Å². The normalized spacial score (nSPS) is 26.6. The molecule has 1 saturated heterocycles. The van der Waals surface area contributed by atoms with Crippen molar-refractivity contribution in [2.24, 2.45) is 16.8 Å². The zero-order valence-corrected chi connectivity index (χ0v) is 19.5. The van der Waals surface area contributed by atoms with Crippen molar-refractivity contribution in [1.29, 1.82) is 0 Å². The monoisotopic (exact) mass is 457 g/mol. The topological polar surface area (TPSA) is 77.0 Å². The molecule has 4 heterocycles.